The predicted molar refractivity (Wildman–Crippen MR) is 113 cm³/mol. The molecule has 0 fully saturated rings. The van der Waals surface area contributed by atoms with Crippen molar-refractivity contribution in [3.63, 3.8) is 0 Å². The average molecular weight is 472 g/mol. The van der Waals surface area contributed by atoms with Crippen LogP contribution in [0.1, 0.15) is 17.9 Å². The first-order chi connectivity index (χ1) is 14.4. The minimum atomic E-state index is -0.992. The number of rotatable bonds is 4. The van der Waals surface area contributed by atoms with Gasteiger partial charge in [-0.1, -0.05) is 15.9 Å². The summed E-state index contributed by atoms with van der Waals surface area (Å²) in [6, 6.07) is 12.4. The molecule has 0 bridgehead atoms. The minimum Gasteiger partial charge on any atom is -0.326 e. The summed E-state index contributed by atoms with van der Waals surface area (Å²) in [6.45, 7) is 0. The quantitative estimate of drug-likeness (QED) is 0.464. The van der Waals surface area contributed by atoms with Gasteiger partial charge in [0.2, 0.25) is 17.8 Å². The molecular weight excluding hydrogens is 457 g/mol. The van der Waals surface area contributed by atoms with E-state index < -0.39 is 29.1 Å². The number of benzene rings is 2. The fourth-order valence-electron chi connectivity index (χ4n) is 3.09. The first kappa shape index (κ1) is 19.8. The summed E-state index contributed by atoms with van der Waals surface area (Å²) < 4.78 is 13.9. The monoisotopic (exact) mass is 471 g/mol. The van der Waals surface area contributed by atoms with E-state index in [1.165, 1.54) is 24.3 Å². The van der Waals surface area contributed by atoms with Crippen molar-refractivity contribution >= 4 is 50.9 Å². The fraction of sp³-hybridized carbons (Fsp3) is 0.100. The van der Waals surface area contributed by atoms with E-state index in [1.54, 1.807) is 24.3 Å². The molecule has 4 rings (SSSR count). The van der Waals surface area contributed by atoms with Gasteiger partial charge in [-0.25, -0.2) is 4.39 Å². The van der Waals surface area contributed by atoms with Crippen molar-refractivity contribution < 1.29 is 14.0 Å². The highest BCUT2D eigenvalue weighted by Crippen LogP contribution is 2.30. The summed E-state index contributed by atoms with van der Waals surface area (Å²) in [5, 5.41) is 8.09. The highest BCUT2D eigenvalue weighted by atomic mass is 79.9. The summed E-state index contributed by atoms with van der Waals surface area (Å²) in [5.41, 5.74) is 0.551. The molecule has 0 unspecified atom stereocenters. The van der Waals surface area contributed by atoms with Crippen LogP contribution in [0.4, 0.5) is 27.5 Å². The Morgan fingerprint density at radius 2 is 1.73 bits per heavy atom. The molecule has 8 nitrogen and oxygen atoms in total. The van der Waals surface area contributed by atoms with Crippen LogP contribution in [0.3, 0.4) is 0 Å². The van der Waals surface area contributed by atoms with E-state index in [4.69, 9.17) is 0 Å². The normalized spacial score (nSPS) is 15.1. The third kappa shape index (κ3) is 4.23. The number of hydrogen-bond acceptors (Lipinski definition) is 5. The topological polar surface area (TPSA) is 116 Å². The van der Waals surface area contributed by atoms with E-state index in [1.807, 2.05) is 0 Å². The maximum atomic E-state index is 13.1. The van der Waals surface area contributed by atoms with Crippen LogP contribution in [0.25, 0.3) is 0 Å². The Morgan fingerprint density at radius 3 is 2.43 bits per heavy atom. The van der Waals surface area contributed by atoms with Gasteiger partial charge >= 0.3 is 0 Å². The number of aromatic amines is 1. The minimum absolute atomic E-state index is 0.00979. The molecule has 1 aromatic heterocycles. The van der Waals surface area contributed by atoms with Crippen molar-refractivity contribution in [1.29, 1.82) is 0 Å². The molecule has 1 aliphatic heterocycles. The smallest absolute Gasteiger partial charge is 0.258 e. The van der Waals surface area contributed by atoms with Gasteiger partial charge in [0.15, 0.2) is 0 Å². The molecule has 4 N–H and O–H groups in total. The van der Waals surface area contributed by atoms with Gasteiger partial charge in [0, 0.05) is 22.3 Å². The molecule has 2 amide bonds. The molecule has 1 aliphatic rings. The largest absolute Gasteiger partial charge is 0.326 e. The second-order valence-corrected chi connectivity index (χ2v) is 7.53. The van der Waals surface area contributed by atoms with E-state index in [-0.39, 0.29) is 23.8 Å². The van der Waals surface area contributed by atoms with E-state index in [0.717, 1.165) is 4.47 Å². The van der Waals surface area contributed by atoms with Crippen molar-refractivity contribution in [2.45, 2.75) is 12.3 Å². The molecular formula is C20H15BrFN5O3. The van der Waals surface area contributed by atoms with Crippen LogP contribution >= 0.6 is 15.9 Å². The Hall–Kier alpha value is -3.53. The molecule has 0 spiro atoms. The van der Waals surface area contributed by atoms with Crippen LogP contribution in [0.5, 0.6) is 0 Å². The van der Waals surface area contributed by atoms with Gasteiger partial charge in [0.25, 0.3) is 5.56 Å². The van der Waals surface area contributed by atoms with Crippen LogP contribution in [-0.2, 0) is 9.59 Å². The van der Waals surface area contributed by atoms with Crippen molar-refractivity contribution in [2.75, 3.05) is 16.0 Å². The molecule has 2 heterocycles. The number of nitrogens with one attached hydrogen (secondary N) is 4. The number of fused-ring (bicyclic) bond motifs is 1. The molecule has 30 heavy (non-hydrogen) atoms. The Balaban J connectivity index is 1.62. The number of hydrogen-bond donors (Lipinski definition) is 4. The molecule has 0 radical (unpaired) electrons. The van der Waals surface area contributed by atoms with Gasteiger partial charge in [-0.15, -0.1) is 0 Å². The lowest BCUT2D eigenvalue weighted by Crippen LogP contribution is -2.36. The molecule has 0 aliphatic carbocycles. The third-order valence-electron chi connectivity index (χ3n) is 4.49. The lowest BCUT2D eigenvalue weighted by Gasteiger charge is -2.23. The number of H-pyrrole nitrogens is 1. The maximum absolute atomic E-state index is 13.1. The summed E-state index contributed by atoms with van der Waals surface area (Å²) in [4.78, 5) is 44.4. The SMILES string of the molecule is O=C1C[C@@H](C(=O)Nc2ccc(Br)cc2)c2c(nc(Nc3ccc(F)cc3)[nH]c2=O)N1. The first-order valence-electron chi connectivity index (χ1n) is 8.92. The summed E-state index contributed by atoms with van der Waals surface area (Å²) >= 11 is 3.32. The van der Waals surface area contributed by atoms with Gasteiger partial charge in [0.1, 0.15) is 11.6 Å². The zero-order valence-corrected chi connectivity index (χ0v) is 16.9. The van der Waals surface area contributed by atoms with Crippen LogP contribution < -0.4 is 21.5 Å². The number of halogens is 2. The van der Waals surface area contributed by atoms with Crippen molar-refractivity contribution in [2.24, 2.45) is 0 Å². The lowest BCUT2D eigenvalue weighted by molar-refractivity contribution is -0.123. The van der Waals surface area contributed by atoms with E-state index in [0.29, 0.717) is 11.4 Å². The van der Waals surface area contributed by atoms with Gasteiger partial charge in [-0.05, 0) is 48.5 Å². The lowest BCUT2D eigenvalue weighted by atomic mass is 9.92. The second-order valence-electron chi connectivity index (χ2n) is 6.61. The number of aromatic nitrogens is 2. The molecule has 3 aromatic rings. The highest BCUT2D eigenvalue weighted by molar-refractivity contribution is 9.10. The molecule has 152 valence electrons. The number of amides is 2. The fourth-order valence-corrected chi connectivity index (χ4v) is 3.35. The highest BCUT2D eigenvalue weighted by Gasteiger charge is 2.34. The molecule has 0 saturated carbocycles. The molecule has 2 aromatic carbocycles. The van der Waals surface area contributed by atoms with Gasteiger partial charge in [0.05, 0.1) is 11.5 Å². The zero-order chi connectivity index (χ0) is 21.3. The van der Waals surface area contributed by atoms with E-state index in [9.17, 15) is 18.8 Å². The Morgan fingerprint density at radius 1 is 1.07 bits per heavy atom. The Bertz CT molecular complexity index is 1180. The number of nitrogens with zero attached hydrogens (tertiary/aromatic N) is 1. The average Bonchev–Trinajstić information content (AvgIpc) is 2.70. The Labute approximate surface area is 178 Å². The molecule has 10 heteroatoms. The standard InChI is InChI=1S/C20H15BrFN5O3/c21-10-1-5-12(6-2-10)23-18(29)14-9-15(28)25-17-16(14)19(30)27-20(26-17)24-13-7-3-11(22)4-8-13/h1-8,14H,9H2,(H,23,29)(H3,24,25,26,27,28,30)/t14-/m1/s1. The molecule has 0 saturated heterocycles. The van der Waals surface area contributed by atoms with Gasteiger partial charge in [-0.2, -0.15) is 4.98 Å². The van der Waals surface area contributed by atoms with Crippen LogP contribution in [0.15, 0.2) is 57.8 Å². The van der Waals surface area contributed by atoms with E-state index in [2.05, 4.69) is 41.8 Å². The van der Waals surface area contributed by atoms with E-state index >= 15 is 0 Å². The second kappa shape index (κ2) is 8.07. The van der Waals surface area contributed by atoms with Gasteiger partial charge < -0.3 is 16.0 Å². The van der Waals surface area contributed by atoms with Crippen molar-refractivity contribution in [3.05, 3.63) is 74.7 Å². The van der Waals surface area contributed by atoms with Crippen LogP contribution in [-0.4, -0.2) is 21.8 Å². The number of carbonyl (C=O) groups excluding carboxylic acids is 2. The summed E-state index contributed by atoms with van der Waals surface area (Å²) in [6.07, 6.45) is -0.176. The Kier molecular flexibility index (Phi) is 5.32. The maximum Gasteiger partial charge on any atom is 0.258 e. The summed E-state index contributed by atoms with van der Waals surface area (Å²) in [7, 11) is 0. The zero-order valence-electron chi connectivity index (χ0n) is 15.3. The first-order valence-corrected chi connectivity index (χ1v) is 9.71. The predicted octanol–water partition coefficient (Wildman–Crippen LogP) is 3.48. The number of carbonyl (C=O) groups is 2. The van der Waals surface area contributed by atoms with Crippen molar-refractivity contribution in [3.8, 4) is 0 Å². The third-order valence-corrected chi connectivity index (χ3v) is 5.01. The molecule has 1 atom stereocenters. The number of anilines is 4. The van der Waals surface area contributed by atoms with Crippen molar-refractivity contribution in [1.82, 2.24) is 9.97 Å². The van der Waals surface area contributed by atoms with Crippen LogP contribution in [0, 0.1) is 5.82 Å². The van der Waals surface area contributed by atoms with Gasteiger partial charge in [-0.3, -0.25) is 19.4 Å². The summed E-state index contributed by atoms with van der Waals surface area (Å²) in [5.74, 6) is -2.24. The van der Waals surface area contributed by atoms with Crippen LogP contribution in [0.2, 0.25) is 0 Å².